The lowest BCUT2D eigenvalue weighted by molar-refractivity contribution is 0.0987. The maximum Gasteiger partial charge on any atom is 0.165 e. The maximum atomic E-state index is 11.7. The van der Waals surface area contributed by atoms with Crippen molar-refractivity contribution in [2.24, 2.45) is 0 Å². The molecule has 92 valence electrons. The van der Waals surface area contributed by atoms with E-state index in [1.165, 1.54) is 0 Å². The molecule has 0 bridgehead atoms. The number of carbonyl (C=O) groups excluding carboxylic acids is 1. The average Bonchev–Trinajstić information content (AvgIpc) is 2.60. The number of methoxy groups -OCH3 is 1. The van der Waals surface area contributed by atoms with Gasteiger partial charge in [-0.25, -0.2) is 0 Å². The first-order chi connectivity index (χ1) is 7.96. The van der Waals surface area contributed by atoms with Gasteiger partial charge in [-0.1, -0.05) is 6.92 Å². The van der Waals surface area contributed by atoms with Crippen molar-refractivity contribution >= 4 is 5.78 Å². The molecule has 17 heavy (non-hydrogen) atoms. The molecule has 0 saturated heterocycles. The first kappa shape index (κ1) is 12.0. The van der Waals surface area contributed by atoms with E-state index >= 15 is 0 Å². The number of hydrogen-bond acceptors (Lipinski definition) is 3. The second-order valence-corrected chi connectivity index (χ2v) is 4.98. The molecule has 0 radical (unpaired) electrons. The molecule has 1 aliphatic rings. The summed E-state index contributed by atoms with van der Waals surface area (Å²) in [6, 6.07) is 3.70. The summed E-state index contributed by atoms with van der Waals surface area (Å²) in [7, 11) is 1.60. The zero-order valence-corrected chi connectivity index (χ0v) is 10.8. The van der Waals surface area contributed by atoms with Gasteiger partial charge < -0.3 is 9.47 Å². The van der Waals surface area contributed by atoms with Crippen LogP contribution in [0.25, 0.3) is 0 Å². The van der Waals surface area contributed by atoms with Crippen molar-refractivity contribution in [2.75, 3.05) is 7.11 Å². The van der Waals surface area contributed by atoms with Gasteiger partial charge in [0.1, 0.15) is 5.60 Å². The first-order valence-electron chi connectivity index (χ1n) is 5.90. The van der Waals surface area contributed by atoms with E-state index in [2.05, 4.69) is 0 Å². The maximum absolute atomic E-state index is 11.7. The predicted molar refractivity (Wildman–Crippen MR) is 66.0 cm³/mol. The predicted octanol–water partition coefficient (Wildman–Crippen LogP) is 3.00. The topological polar surface area (TPSA) is 35.5 Å². The van der Waals surface area contributed by atoms with Crippen molar-refractivity contribution in [3.8, 4) is 11.5 Å². The summed E-state index contributed by atoms with van der Waals surface area (Å²) in [6.07, 6.45) is 1.32. The molecule has 0 amide bonds. The lowest BCUT2D eigenvalue weighted by Gasteiger charge is -2.17. The molecule has 0 fully saturated rings. The average molecular weight is 234 g/mol. The molecule has 1 aromatic carbocycles. The summed E-state index contributed by atoms with van der Waals surface area (Å²) in [6.45, 7) is 5.93. The fourth-order valence-corrected chi connectivity index (χ4v) is 2.19. The molecule has 1 aromatic rings. The number of carbonyl (C=O) groups is 1. The Morgan fingerprint density at radius 2 is 2.18 bits per heavy atom. The summed E-state index contributed by atoms with van der Waals surface area (Å²) in [5.41, 5.74) is 1.55. The standard InChI is InChI=1S/C14H18O3/c1-5-11(15)9-6-10-8-14(2,3)17-13(10)12(7-9)16-4/h6-7H,5,8H2,1-4H3. The second kappa shape index (κ2) is 4.06. The van der Waals surface area contributed by atoms with Crippen LogP contribution in [-0.4, -0.2) is 18.5 Å². The largest absolute Gasteiger partial charge is 0.493 e. The van der Waals surface area contributed by atoms with Gasteiger partial charge in [0.2, 0.25) is 0 Å². The highest BCUT2D eigenvalue weighted by molar-refractivity contribution is 5.96. The van der Waals surface area contributed by atoms with E-state index < -0.39 is 0 Å². The lowest BCUT2D eigenvalue weighted by Crippen LogP contribution is -2.24. The van der Waals surface area contributed by atoms with Crippen LogP contribution in [0.5, 0.6) is 11.5 Å². The van der Waals surface area contributed by atoms with Crippen LogP contribution in [0.1, 0.15) is 43.1 Å². The molecule has 0 unspecified atom stereocenters. The SMILES string of the molecule is CCC(=O)c1cc2c(c(OC)c1)OC(C)(C)C2. The molecule has 0 saturated carbocycles. The third kappa shape index (κ3) is 2.14. The van der Waals surface area contributed by atoms with E-state index in [1.54, 1.807) is 13.2 Å². The van der Waals surface area contributed by atoms with E-state index in [0.717, 1.165) is 17.7 Å². The third-order valence-corrected chi connectivity index (χ3v) is 2.99. The first-order valence-corrected chi connectivity index (χ1v) is 5.90. The van der Waals surface area contributed by atoms with Crippen LogP contribution in [0.2, 0.25) is 0 Å². The Hall–Kier alpha value is -1.51. The number of fused-ring (bicyclic) bond motifs is 1. The fourth-order valence-electron chi connectivity index (χ4n) is 2.19. The highest BCUT2D eigenvalue weighted by Gasteiger charge is 2.33. The molecular weight excluding hydrogens is 216 g/mol. The zero-order valence-electron chi connectivity index (χ0n) is 10.8. The highest BCUT2D eigenvalue weighted by Crippen LogP contribution is 2.42. The van der Waals surface area contributed by atoms with Gasteiger partial charge in [-0.2, -0.15) is 0 Å². The number of Topliss-reactive ketones (excluding diaryl/α,β-unsaturated/α-hetero) is 1. The summed E-state index contributed by atoms with van der Waals surface area (Å²) < 4.78 is 11.2. The van der Waals surface area contributed by atoms with Crippen molar-refractivity contribution in [1.29, 1.82) is 0 Å². The number of ketones is 1. The minimum atomic E-state index is -0.219. The van der Waals surface area contributed by atoms with Crippen LogP contribution in [0.3, 0.4) is 0 Å². The Labute approximate surface area is 102 Å². The molecule has 0 aromatic heterocycles. The van der Waals surface area contributed by atoms with Crippen LogP contribution in [0.4, 0.5) is 0 Å². The third-order valence-electron chi connectivity index (χ3n) is 2.99. The van der Waals surface area contributed by atoms with Crippen molar-refractivity contribution in [3.05, 3.63) is 23.3 Å². The van der Waals surface area contributed by atoms with Gasteiger partial charge in [0.15, 0.2) is 17.3 Å². The Morgan fingerprint density at radius 1 is 1.47 bits per heavy atom. The number of ether oxygens (including phenoxy) is 2. The number of rotatable bonds is 3. The van der Waals surface area contributed by atoms with Gasteiger partial charge in [0.05, 0.1) is 7.11 Å². The minimum Gasteiger partial charge on any atom is -0.493 e. The molecular formula is C14H18O3. The molecule has 1 aliphatic heterocycles. The van der Waals surface area contributed by atoms with Crippen molar-refractivity contribution < 1.29 is 14.3 Å². The van der Waals surface area contributed by atoms with Crippen molar-refractivity contribution in [3.63, 3.8) is 0 Å². The quantitative estimate of drug-likeness (QED) is 0.754. The molecule has 0 N–H and O–H groups in total. The van der Waals surface area contributed by atoms with Crippen LogP contribution < -0.4 is 9.47 Å². The molecule has 0 spiro atoms. The van der Waals surface area contributed by atoms with Crippen LogP contribution in [0.15, 0.2) is 12.1 Å². The molecule has 2 rings (SSSR count). The highest BCUT2D eigenvalue weighted by atomic mass is 16.5. The fraction of sp³-hybridized carbons (Fsp3) is 0.500. The summed E-state index contributed by atoms with van der Waals surface area (Å²) in [5, 5.41) is 0. The number of hydrogen-bond donors (Lipinski definition) is 0. The second-order valence-electron chi connectivity index (χ2n) is 4.98. The summed E-state index contributed by atoms with van der Waals surface area (Å²) in [5.74, 6) is 1.57. The Bertz CT molecular complexity index is 461. The van der Waals surface area contributed by atoms with Crippen molar-refractivity contribution in [2.45, 2.75) is 39.2 Å². The molecule has 3 nitrogen and oxygen atoms in total. The van der Waals surface area contributed by atoms with E-state index in [4.69, 9.17) is 9.47 Å². The van der Waals surface area contributed by atoms with Crippen LogP contribution in [-0.2, 0) is 6.42 Å². The normalized spacial score (nSPS) is 16.2. The van der Waals surface area contributed by atoms with E-state index in [0.29, 0.717) is 17.7 Å². The molecule has 0 aliphatic carbocycles. The molecule has 0 atom stereocenters. The Morgan fingerprint density at radius 3 is 2.76 bits per heavy atom. The van der Waals surface area contributed by atoms with Gasteiger partial charge in [0, 0.05) is 24.0 Å². The van der Waals surface area contributed by atoms with E-state index in [9.17, 15) is 4.79 Å². The summed E-state index contributed by atoms with van der Waals surface area (Å²) >= 11 is 0. The van der Waals surface area contributed by atoms with E-state index in [-0.39, 0.29) is 11.4 Å². The lowest BCUT2D eigenvalue weighted by atomic mass is 9.98. The number of benzene rings is 1. The van der Waals surface area contributed by atoms with Crippen molar-refractivity contribution in [1.82, 2.24) is 0 Å². The van der Waals surface area contributed by atoms with Gasteiger partial charge in [-0.3, -0.25) is 4.79 Å². The van der Waals surface area contributed by atoms with Gasteiger partial charge in [-0.15, -0.1) is 0 Å². The van der Waals surface area contributed by atoms with Gasteiger partial charge in [0.25, 0.3) is 0 Å². The molecule has 3 heteroatoms. The van der Waals surface area contributed by atoms with Gasteiger partial charge in [-0.05, 0) is 26.0 Å². The Balaban J connectivity index is 2.49. The zero-order chi connectivity index (χ0) is 12.6. The smallest absolute Gasteiger partial charge is 0.165 e. The summed E-state index contributed by atoms with van der Waals surface area (Å²) in [4.78, 5) is 11.7. The monoisotopic (exact) mass is 234 g/mol. The van der Waals surface area contributed by atoms with Gasteiger partial charge >= 0.3 is 0 Å². The van der Waals surface area contributed by atoms with Crippen LogP contribution >= 0.6 is 0 Å². The minimum absolute atomic E-state index is 0.135. The van der Waals surface area contributed by atoms with Crippen LogP contribution in [0, 0.1) is 0 Å². The molecule has 1 heterocycles. The van der Waals surface area contributed by atoms with E-state index in [1.807, 2.05) is 26.8 Å². The Kier molecular flexibility index (Phi) is 2.86.